The van der Waals surface area contributed by atoms with E-state index in [2.05, 4.69) is 9.97 Å². The Kier molecular flexibility index (Phi) is 4.38. The second kappa shape index (κ2) is 6.85. The van der Waals surface area contributed by atoms with Crippen molar-refractivity contribution in [3.8, 4) is 0 Å². The second-order valence-electron chi connectivity index (χ2n) is 6.17. The van der Waals surface area contributed by atoms with Crippen LogP contribution in [0.4, 0.5) is 0 Å². The van der Waals surface area contributed by atoms with E-state index in [1.54, 1.807) is 30.5 Å². The fourth-order valence-electron chi connectivity index (χ4n) is 3.15. The van der Waals surface area contributed by atoms with Crippen LogP contribution in [0.1, 0.15) is 21.7 Å². The smallest absolute Gasteiger partial charge is 0.310 e. The fraction of sp³-hybridized carbons (Fsp3) is 0.0952. The highest BCUT2D eigenvalue weighted by Gasteiger charge is 2.22. The number of carbonyl (C=O) groups excluding carboxylic acids is 2. The van der Waals surface area contributed by atoms with Gasteiger partial charge in [0.2, 0.25) is 5.78 Å². The van der Waals surface area contributed by atoms with Crippen LogP contribution in [0.5, 0.6) is 0 Å². The van der Waals surface area contributed by atoms with E-state index < -0.39 is 5.97 Å². The standard InChI is InChI=1S/C21H15ClN2O3/c1-27-19(25)10-16-15-9-14(22)6-7-17(15)24-20(16)21(26)18-8-12-4-2-3-5-13(12)11-23-18/h2-9,11,24H,10H2,1H3. The first kappa shape index (κ1) is 17.2. The normalized spacial score (nSPS) is 11.0. The van der Waals surface area contributed by atoms with E-state index in [9.17, 15) is 9.59 Å². The number of benzene rings is 2. The van der Waals surface area contributed by atoms with E-state index in [1.807, 2.05) is 24.3 Å². The Morgan fingerprint density at radius 3 is 2.67 bits per heavy atom. The van der Waals surface area contributed by atoms with Crippen molar-refractivity contribution in [2.75, 3.05) is 7.11 Å². The van der Waals surface area contributed by atoms with Crippen molar-refractivity contribution in [1.29, 1.82) is 0 Å². The lowest BCUT2D eigenvalue weighted by Crippen LogP contribution is -2.11. The molecule has 0 aliphatic heterocycles. The van der Waals surface area contributed by atoms with Crippen LogP contribution in [0.25, 0.3) is 21.7 Å². The number of halogens is 1. The van der Waals surface area contributed by atoms with Gasteiger partial charge in [0, 0.05) is 33.1 Å². The van der Waals surface area contributed by atoms with Gasteiger partial charge in [-0.15, -0.1) is 0 Å². The lowest BCUT2D eigenvalue weighted by Gasteiger charge is -2.05. The number of aromatic nitrogens is 2. The minimum atomic E-state index is -0.434. The third-order valence-electron chi connectivity index (χ3n) is 4.51. The van der Waals surface area contributed by atoms with Crippen LogP contribution >= 0.6 is 11.6 Å². The summed E-state index contributed by atoms with van der Waals surface area (Å²) in [6.45, 7) is 0. The SMILES string of the molecule is COC(=O)Cc1c(C(=O)c2cc3ccccc3cn2)[nH]c2ccc(Cl)cc12. The molecule has 0 bridgehead atoms. The zero-order chi connectivity index (χ0) is 19.0. The number of ether oxygens (including phenoxy) is 1. The lowest BCUT2D eigenvalue weighted by atomic mass is 10.0. The number of nitrogens with zero attached hydrogens (tertiary/aromatic N) is 1. The summed E-state index contributed by atoms with van der Waals surface area (Å²) in [5.74, 6) is -0.719. The third kappa shape index (κ3) is 3.17. The number of esters is 1. The summed E-state index contributed by atoms with van der Waals surface area (Å²) in [4.78, 5) is 32.5. The van der Waals surface area contributed by atoms with Crippen molar-refractivity contribution >= 4 is 45.0 Å². The van der Waals surface area contributed by atoms with Gasteiger partial charge in [0.25, 0.3) is 0 Å². The minimum absolute atomic E-state index is 0.0362. The van der Waals surface area contributed by atoms with Crippen molar-refractivity contribution in [3.05, 3.63) is 76.7 Å². The highest BCUT2D eigenvalue weighted by atomic mass is 35.5. The molecule has 0 saturated heterocycles. The van der Waals surface area contributed by atoms with Crippen LogP contribution in [0.2, 0.25) is 5.02 Å². The molecule has 0 unspecified atom stereocenters. The molecule has 4 rings (SSSR count). The highest BCUT2D eigenvalue weighted by Crippen LogP contribution is 2.28. The molecule has 0 spiro atoms. The Bertz CT molecular complexity index is 1200. The summed E-state index contributed by atoms with van der Waals surface area (Å²) < 4.78 is 4.79. The van der Waals surface area contributed by atoms with Crippen LogP contribution < -0.4 is 0 Å². The summed E-state index contributed by atoms with van der Waals surface area (Å²) >= 11 is 6.10. The van der Waals surface area contributed by atoms with Crippen LogP contribution in [0, 0.1) is 0 Å². The Hall–Kier alpha value is -3.18. The lowest BCUT2D eigenvalue weighted by molar-refractivity contribution is -0.139. The third-order valence-corrected chi connectivity index (χ3v) is 4.74. The molecule has 6 heteroatoms. The zero-order valence-corrected chi connectivity index (χ0v) is 15.2. The van der Waals surface area contributed by atoms with E-state index in [1.165, 1.54) is 7.11 Å². The van der Waals surface area contributed by atoms with Gasteiger partial charge >= 0.3 is 5.97 Å². The predicted octanol–water partition coefficient (Wildman–Crippen LogP) is 4.32. The number of methoxy groups -OCH3 is 1. The molecule has 27 heavy (non-hydrogen) atoms. The summed E-state index contributed by atoms with van der Waals surface area (Å²) in [5.41, 5.74) is 1.90. The highest BCUT2D eigenvalue weighted by molar-refractivity contribution is 6.31. The Labute approximate surface area is 159 Å². The quantitative estimate of drug-likeness (QED) is 0.424. The maximum atomic E-state index is 13.2. The summed E-state index contributed by atoms with van der Waals surface area (Å²) in [7, 11) is 1.32. The number of fused-ring (bicyclic) bond motifs is 2. The van der Waals surface area contributed by atoms with E-state index in [4.69, 9.17) is 16.3 Å². The minimum Gasteiger partial charge on any atom is -0.469 e. The van der Waals surface area contributed by atoms with Gasteiger partial charge in [-0.3, -0.25) is 14.6 Å². The molecule has 5 nitrogen and oxygen atoms in total. The van der Waals surface area contributed by atoms with Crippen LogP contribution in [-0.2, 0) is 16.0 Å². The first-order chi connectivity index (χ1) is 13.1. The average Bonchev–Trinajstić information content (AvgIpc) is 3.04. The molecular formula is C21H15ClN2O3. The monoisotopic (exact) mass is 378 g/mol. The number of hydrogen-bond acceptors (Lipinski definition) is 4. The summed E-state index contributed by atoms with van der Waals surface area (Å²) in [5, 5.41) is 3.12. The maximum absolute atomic E-state index is 13.2. The molecule has 4 aromatic rings. The summed E-state index contributed by atoms with van der Waals surface area (Å²) in [6, 6.07) is 14.7. The molecule has 0 amide bonds. The van der Waals surface area contributed by atoms with E-state index in [0.717, 1.165) is 21.7 Å². The largest absolute Gasteiger partial charge is 0.469 e. The Morgan fingerprint density at radius 2 is 1.89 bits per heavy atom. The van der Waals surface area contributed by atoms with Gasteiger partial charge in [0.05, 0.1) is 19.2 Å². The number of rotatable bonds is 4. The summed E-state index contributed by atoms with van der Waals surface area (Å²) in [6.07, 6.45) is 1.63. The Morgan fingerprint density at radius 1 is 1.11 bits per heavy atom. The number of ketones is 1. The predicted molar refractivity (Wildman–Crippen MR) is 104 cm³/mol. The van der Waals surface area contributed by atoms with Gasteiger partial charge < -0.3 is 9.72 Å². The van der Waals surface area contributed by atoms with Crippen molar-refractivity contribution in [3.63, 3.8) is 0 Å². The number of pyridine rings is 1. The molecule has 2 heterocycles. The van der Waals surface area contributed by atoms with Crippen LogP contribution in [0.15, 0.2) is 54.7 Å². The molecule has 1 N–H and O–H groups in total. The van der Waals surface area contributed by atoms with Gasteiger partial charge in [-0.2, -0.15) is 0 Å². The van der Waals surface area contributed by atoms with E-state index in [-0.39, 0.29) is 12.2 Å². The number of aromatic amines is 1. The van der Waals surface area contributed by atoms with Gasteiger partial charge in [0.15, 0.2) is 0 Å². The Balaban J connectivity index is 1.86. The molecule has 0 fully saturated rings. The van der Waals surface area contributed by atoms with Crippen LogP contribution in [-0.4, -0.2) is 28.8 Å². The second-order valence-corrected chi connectivity index (χ2v) is 6.60. The van der Waals surface area contributed by atoms with Crippen LogP contribution in [0.3, 0.4) is 0 Å². The van der Waals surface area contributed by atoms with E-state index >= 15 is 0 Å². The van der Waals surface area contributed by atoms with Gasteiger partial charge in [-0.1, -0.05) is 35.9 Å². The van der Waals surface area contributed by atoms with Gasteiger partial charge in [0.1, 0.15) is 5.69 Å². The van der Waals surface area contributed by atoms with Gasteiger partial charge in [-0.05, 0) is 29.7 Å². The first-order valence-corrected chi connectivity index (χ1v) is 8.71. The number of H-pyrrole nitrogens is 1. The molecule has 0 radical (unpaired) electrons. The molecule has 0 saturated carbocycles. The molecule has 2 aromatic carbocycles. The molecule has 134 valence electrons. The first-order valence-electron chi connectivity index (χ1n) is 8.33. The zero-order valence-electron chi connectivity index (χ0n) is 14.5. The van der Waals surface area contributed by atoms with E-state index in [0.29, 0.717) is 22.0 Å². The topological polar surface area (TPSA) is 72.1 Å². The molecule has 0 aliphatic rings. The van der Waals surface area contributed by atoms with Crippen molar-refractivity contribution < 1.29 is 14.3 Å². The molecular weight excluding hydrogens is 364 g/mol. The molecule has 0 atom stereocenters. The van der Waals surface area contributed by atoms with Crippen molar-refractivity contribution in [2.45, 2.75) is 6.42 Å². The number of hydrogen-bond donors (Lipinski definition) is 1. The molecule has 2 aromatic heterocycles. The maximum Gasteiger partial charge on any atom is 0.310 e. The van der Waals surface area contributed by atoms with Gasteiger partial charge in [-0.25, -0.2) is 0 Å². The van der Waals surface area contributed by atoms with Crippen molar-refractivity contribution in [1.82, 2.24) is 9.97 Å². The number of nitrogens with one attached hydrogen (secondary N) is 1. The fourth-order valence-corrected chi connectivity index (χ4v) is 3.32. The van der Waals surface area contributed by atoms with Crippen molar-refractivity contribution in [2.24, 2.45) is 0 Å². The molecule has 0 aliphatic carbocycles. The average molecular weight is 379 g/mol. The number of carbonyl (C=O) groups is 2.